The first-order valence-corrected chi connectivity index (χ1v) is 7.76. The van der Waals surface area contributed by atoms with E-state index in [1.54, 1.807) is 12.1 Å². The minimum Gasteiger partial charge on any atom is -0.310 e. The largest absolute Gasteiger partial charge is 0.310 e. The molecular weight excluding hydrogens is 237 g/mol. The Kier molecular flexibility index (Phi) is 8.48. The highest BCUT2D eigenvalue weighted by Crippen LogP contribution is 2.20. The number of rotatable bonds is 10. The highest BCUT2D eigenvalue weighted by atomic mass is 19.1. The molecule has 0 spiro atoms. The Bertz CT molecular complexity index is 321. The van der Waals surface area contributed by atoms with Gasteiger partial charge in [-0.2, -0.15) is 0 Å². The van der Waals surface area contributed by atoms with Crippen molar-refractivity contribution >= 4 is 0 Å². The predicted molar refractivity (Wildman–Crippen MR) is 80.8 cm³/mol. The normalized spacial score (nSPS) is 12.6. The lowest BCUT2D eigenvalue weighted by molar-refractivity contribution is 0.467. The van der Waals surface area contributed by atoms with Gasteiger partial charge in [-0.1, -0.05) is 58.1 Å². The average Bonchev–Trinajstić information content (AvgIpc) is 2.43. The summed E-state index contributed by atoms with van der Waals surface area (Å²) >= 11 is 0. The molecule has 1 atom stereocenters. The first-order chi connectivity index (χ1) is 9.27. The quantitative estimate of drug-likeness (QED) is 0.571. The van der Waals surface area contributed by atoms with E-state index in [0.717, 1.165) is 13.0 Å². The van der Waals surface area contributed by atoms with Gasteiger partial charge < -0.3 is 5.32 Å². The summed E-state index contributed by atoms with van der Waals surface area (Å²) in [5.41, 5.74) is 1.21. The van der Waals surface area contributed by atoms with Crippen LogP contribution in [0.25, 0.3) is 0 Å². The Hall–Kier alpha value is -0.890. The number of halogens is 1. The molecule has 0 bridgehead atoms. The van der Waals surface area contributed by atoms with Gasteiger partial charge in [-0.15, -0.1) is 0 Å². The predicted octanol–water partition coefficient (Wildman–Crippen LogP) is 5.23. The topological polar surface area (TPSA) is 12.0 Å². The molecule has 108 valence electrons. The van der Waals surface area contributed by atoms with Gasteiger partial charge >= 0.3 is 0 Å². The Morgan fingerprint density at radius 3 is 2.26 bits per heavy atom. The van der Waals surface area contributed by atoms with Crippen molar-refractivity contribution in [2.75, 3.05) is 6.54 Å². The molecule has 0 aliphatic heterocycles. The molecule has 1 rings (SSSR count). The van der Waals surface area contributed by atoms with E-state index in [1.807, 2.05) is 12.1 Å². The molecule has 0 saturated heterocycles. The Morgan fingerprint density at radius 1 is 0.947 bits per heavy atom. The summed E-state index contributed by atoms with van der Waals surface area (Å²) in [5, 5.41) is 3.63. The third kappa shape index (κ3) is 6.72. The lowest BCUT2D eigenvalue weighted by Gasteiger charge is -2.19. The van der Waals surface area contributed by atoms with Crippen molar-refractivity contribution in [2.24, 2.45) is 0 Å². The van der Waals surface area contributed by atoms with E-state index in [0.29, 0.717) is 6.04 Å². The number of unbranched alkanes of at least 4 members (excludes halogenated alkanes) is 4. The van der Waals surface area contributed by atoms with Crippen LogP contribution in [0.1, 0.15) is 70.4 Å². The van der Waals surface area contributed by atoms with E-state index >= 15 is 0 Å². The zero-order valence-electron chi connectivity index (χ0n) is 12.4. The monoisotopic (exact) mass is 265 g/mol. The fourth-order valence-corrected chi connectivity index (χ4v) is 2.32. The average molecular weight is 265 g/mol. The summed E-state index contributed by atoms with van der Waals surface area (Å²) in [6.07, 6.45) is 8.68. The van der Waals surface area contributed by atoms with Gasteiger partial charge in [0.25, 0.3) is 0 Å². The van der Waals surface area contributed by atoms with Crippen LogP contribution in [0, 0.1) is 5.82 Å². The smallest absolute Gasteiger partial charge is 0.123 e. The summed E-state index contributed by atoms with van der Waals surface area (Å²) in [5.74, 6) is -0.152. The van der Waals surface area contributed by atoms with Crippen LogP contribution < -0.4 is 5.32 Å². The molecule has 0 amide bonds. The molecule has 0 aromatic heterocycles. The fourth-order valence-electron chi connectivity index (χ4n) is 2.32. The van der Waals surface area contributed by atoms with Crippen LogP contribution in [0.15, 0.2) is 24.3 Å². The van der Waals surface area contributed by atoms with Crippen LogP contribution in [-0.2, 0) is 0 Å². The Balaban J connectivity index is 2.44. The lowest BCUT2D eigenvalue weighted by Crippen LogP contribution is -2.22. The minimum absolute atomic E-state index is 0.152. The van der Waals surface area contributed by atoms with E-state index in [2.05, 4.69) is 19.2 Å². The summed E-state index contributed by atoms with van der Waals surface area (Å²) in [6.45, 7) is 5.50. The van der Waals surface area contributed by atoms with E-state index in [9.17, 15) is 4.39 Å². The maximum Gasteiger partial charge on any atom is 0.123 e. The van der Waals surface area contributed by atoms with Gasteiger partial charge in [-0.05, 0) is 37.1 Å². The highest BCUT2D eigenvalue weighted by molar-refractivity contribution is 5.19. The van der Waals surface area contributed by atoms with Crippen LogP contribution in [0.3, 0.4) is 0 Å². The van der Waals surface area contributed by atoms with Gasteiger partial charge in [0, 0.05) is 6.04 Å². The van der Waals surface area contributed by atoms with Gasteiger partial charge in [-0.3, -0.25) is 0 Å². The first kappa shape index (κ1) is 16.2. The minimum atomic E-state index is -0.152. The molecule has 2 heteroatoms. The van der Waals surface area contributed by atoms with Crippen LogP contribution in [0.2, 0.25) is 0 Å². The van der Waals surface area contributed by atoms with Crippen molar-refractivity contribution in [1.29, 1.82) is 0 Å². The van der Waals surface area contributed by atoms with Crippen molar-refractivity contribution in [3.05, 3.63) is 35.6 Å². The molecule has 19 heavy (non-hydrogen) atoms. The Morgan fingerprint density at radius 2 is 1.63 bits per heavy atom. The summed E-state index contributed by atoms with van der Waals surface area (Å²) in [6, 6.07) is 7.32. The molecule has 1 N–H and O–H groups in total. The SMILES string of the molecule is CCCCCCNC(CCCC)c1ccc(F)cc1. The zero-order chi connectivity index (χ0) is 13.9. The van der Waals surface area contributed by atoms with Gasteiger partial charge in [0.1, 0.15) is 5.82 Å². The molecule has 1 aromatic carbocycles. The molecule has 0 fully saturated rings. The van der Waals surface area contributed by atoms with Crippen molar-refractivity contribution in [2.45, 2.75) is 64.8 Å². The van der Waals surface area contributed by atoms with Gasteiger partial charge in [0.05, 0.1) is 0 Å². The second-order valence-electron chi connectivity index (χ2n) is 5.26. The van der Waals surface area contributed by atoms with Crippen molar-refractivity contribution in [3.63, 3.8) is 0 Å². The number of nitrogens with one attached hydrogen (secondary N) is 1. The van der Waals surface area contributed by atoms with Gasteiger partial charge in [-0.25, -0.2) is 4.39 Å². The fraction of sp³-hybridized carbons (Fsp3) is 0.647. The van der Waals surface area contributed by atoms with Crippen LogP contribution in [0.4, 0.5) is 4.39 Å². The molecular formula is C17H28FN. The number of hydrogen-bond donors (Lipinski definition) is 1. The van der Waals surface area contributed by atoms with E-state index in [-0.39, 0.29) is 5.82 Å². The summed E-state index contributed by atoms with van der Waals surface area (Å²) < 4.78 is 13.0. The first-order valence-electron chi connectivity index (χ1n) is 7.76. The third-order valence-corrected chi connectivity index (χ3v) is 3.54. The third-order valence-electron chi connectivity index (χ3n) is 3.54. The maximum atomic E-state index is 13.0. The van der Waals surface area contributed by atoms with Crippen molar-refractivity contribution < 1.29 is 4.39 Å². The number of hydrogen-bond acceptors (Lipinski definition) is 1. The molecule has 0 radical (unpaired) electrons. The molecule has 0 saturated carbocycles. The summed E-state index contributed by atoms with van der Waals surface area (Å²) in [7, 11) is 0. The summed E-state index contributed by atoms with van der Waals surface area (Å²) in [4.78, 5) is 0. The maximum absolute atomic E-state index is 13.0. The molecule has 1 aromatic rings. The van der Waals surface area contributed by atoms with Crippen LogP contribution in [0.5, 0.6) is 0 Å². The van der Waals surface area contributed by atoms with Gasteiger partial charge in [0.15, 0.2) is 0 Å². The van der Waals surface area contributed by atoms with E-state index in [1.165, 1.54) is 44.1 Å². The molecule has 0 heterocycles. The van der Waals surface area contributed by atoms with Crippen molar-refractivity contribution in [3.8, 4) is 0 Å². The highest BCUT2D eigenvalue weighted by Gasteiger charge is 2.10. The van der Waals surface area contributed by atoms with E-state index in [4.69, 9.17) is 0 Å². The second kappa shape index (κ2) is 9.96. The van der Waals surface area contributed by atoms with Crippen molar-refractivity contribution in [1.82, 2.24) is 5.32 Å². The van der Waals surface area contributed by atoms with Gasteiger partial charge in [0.2, 0.25) is 0 Å². The van der Waals surface area contributed by atoms with Crippen LogP contribution >= 0.6 is 0 Å². The number of benzene rings is 1. The molecule has 0 aliphatic rings. The lowest BCUT2D eigenvalue weighted by atomic mass is 10.0. The standard InChI is InChI=1S/C17H28FN/c1-3-5-7-8-14-19-17(9-6-4-2)15-10-12-16(18)13-11-15/h10-13,17,19H,3-9,14H2,1-2H3. The second-order valence-corrected chi connectivity index (χ2v) is 5.26. The van der Waals surface area contributed by atoms with Crippen LogP contribution in [-0.4, -0.2) is 6.54 Å². The molecule has 1 nitrogen and oxygen atoms in total. The Labute approximate surface area is 117 Å². The molecule has 0 aliphatic carbocycles. The zero-order valence-corrected chi connectivity index (χ0v) is 12.4. The van der Waals surface area contributed by atoms with E-state index < -0.39 is 0 Å². The molecule has 1 unspecified atom stereocenters.